The average Bonchev–Trinajstić information content (AvgIpc) is 3.18. The molecule has 0 saturated heterocycles. The first-order valence-electron chi connectivity index (χ1n) is 9.77. The third-order valence-electron chi connectivity index (χ3n) is 4.75. The summed E-state index contributed by atoms with van der Waals surface area (Å²) >= 11 is 0. The van der Waals surface area contributed by atoms with Crippen LogP contribution in [-0.4, -0.2) is 40.0 Å². The SMILES string of the molecule is CN(C)c1cnnc(Nc2ccc(NC(=O)c3cc(-c4ccccc4)nn3C)cc2)c1. The highest BCUT2D eigenvalue weighted by Gasteiger charge is 2.14. The minimum absolute atomic E-state index is 0.220. The van der Waals surface area contributed by atoms with Crippen molar-refractivity contribution in [1.29, 1.82) is 0 Å². The van der Waals surface area contributed by atoms with Crippen LogP contribution in [0.3, 0.4) is 0 Å². The van der Waals surface area contributed by atoms with E-state index in [1.807, 2.05) is 79.7 Å². The maximum atomic E-state index is 12.7. The minimum atomic E-state index is -0.220. The van der Waals surface area contributed by atoms with Gasteiger partial charge in [0.05, 0.1) is 17.6 Å². The summed E-state index contributed by atoms with van der Waals surface area (Å²) in [6.07, 6.45) is 1.70. The van der Waals surface area contributed by atoms with Crippen LogP contribution in [0.2, 0.25) is 0 Å². The zero-order chi connectivity index (χ0) is 21.8. The van der Waals surface area contributed by atoms with E-state index in [1.54, 1.807) is 24.0 Å². The number of hydrogen-bond acceptors (Lipinski definition) is 6. The smallest absolute Gasteiger partial charge is 0.273 e. The minimum Gasteiger partial charge on any atom is -0.376 e. The predicted molar refractivity (Wildman–Crippen MR) is 123 cm³/mol. The van der Waals surface area contributed by atoms with Crippen LogP contribution in [0, 0.1) is 0 Å². The predicted octanol–water partition coefficient (Wildman–Crippen LogP) is 3.94. The van der Waals surface area contributed by atoms with Crippen molar-refractivity contribution in [3.63, 3.8) is 0 Å². The molecule has 2 N–H and O–H groups in total. The molecule has 0 aliphatic rings. The summed E-state index contributed by atoms with van der Waals surface area (Å²) in [7, 11) is 5.66. The van der Waals surface area contributed by atoms with Crippen molar-refractivity contribution in [2.75, 3.05) is 29.6 Å². The van der Waals surface area contributed by atoms with Gasteiger partial charge in [-0.3, -0.25) is 9.48 Å². The monoisotopic (exact) mass is 413 g/mol. The molecule has 0 unspecified atom stereocenters. The number of rotatable bonds is 6. The van der Waals surface area contributed by atoms with E-state index in [4.69, 9.17) is 0 Å². The molecule has 0 aliphatic carbocycles. The Labute approximate surface area is 180 Å². The Morgan fingerprint density at radius 3 is 2.39 bits per heavy atom. The molecule has 2 aromatic heterocycles. The van der Waals surface area contributed by atoms with Crippen LogP contribution in [0.15, 0.2) is 72.9 Å². The Hall–Kier alpha value is -4.20. The third-order valence-corrected chi connectivity index (χ3v) is 4.75. The molecule has 0 atom stereocenters. The van der Waals surface area contributed by atoms with Crippen molar-refractivity contribution >= 4 is 28.8 Å². The molecule has 0 aliphatic heterocycles. The van der Waals surface area contributed by atoms with E-state index >= 15 is 0 Å². The Morgan fingerprint density at radius 1 is 0.968 bits per heavy atom. The van der Waals surface area contributed by atoms with Crippen molar-refractivity contribution in [1.82, 2.24) is 20.0 Å². The van der Waals surface area contributed by atoms with E-state index in [-0.39, 0.29) is 5.91 Å². The first-order chi connectivity index (χ1) is 15.0. The molecule has 2 heterocycles. The summed E-state index contributed by atoms with van der Waals surface area (Å²) in [5, 5.41) is 18.7. The van der Waals surface area contributed by atoms with Crippen LogP contribution in [-0.2, 0) is 7.05 Å². The van der Waals surface area contributed by atoms with Gasteiger partial charge in [0.15, 0.2) is 5.82 Å². The van der Waals surface area contributed by atoms with Gasteiger partial charge in [-0.1, -0.05) is 30.3 Å². The second kappa shape index (κ2) is 8.66. The molecule has 31 heavy (non-hydrogen) atoms. The van der Waals surface area contributed by atoms with Gasteiger partial charge < -0.3 is 15.5 Å². The van der Waals surface area contributed by atoms with Gasteiger partial charge in [-0.25, -0.2) is 0 Å². The fraction of sp³-hybridized carbons (Fsp3) is 0.130. The second-order valence-corrected chi connectivity index (χ2v) is 7.25. The maximum absolute atomic E-state index is 12.7. The Bertz CT molecular complexity index is 1180. The molecule has 0 spiro atoms. The summed E-state index contributed by atoms with van der Waals surface area (Å²) in [4.78, 5) is 14.7. The molecule has 0 saturated carbocycles. The van der Waals surface area contributed by atoms with Gasteiger partial charge in [0.25, 0.3) is 5.91 Å². The lowest BCUT2D eigenvalue weighted by molar-refractivity contribution is 0.101. The first kappa shape index (κ1) is 20.1. The molecule has 0 fully saturated rings. The summed E-state index contributed by atoms with van der Waals surface area (Å²) in [6.45, 7) is 0. The lowest BCUT2D eigenvalue weighted by Crippen LogP contribution is -2.16. The van der Waals surface area contributed by atoms with Crippen LogP contribution >= 0.6 is 0 Å². The molecule has 1 amide bonds. The van der Waals surface area contributed by atoms with Crippen molar-refractivity contribution in [3.05, 3.63) is 78.6 Å². The zero-order valence-electron chi connectivity index (χ0n) is 17.6. The maximum Gasteiger partial charge on any atom is 0.273 e. The van der Waals surface area contributed by atoms with Crippen molar-refractivity contribution < 1.29 is 4.79 Å². The van der Waals surface area contributed by atoms with E-state index in [2.05, 4.69) is 25.9 Å². The topological polar surface area (TPSA) is 88.0 Å². The number of hydrogen-bond donors (Lipinski definition) is 2. The average molecular weight is 413 g/mol. The van der Waals surface area contributed by atoms with Crippen molar-refractivity contribution in [2.45, 2.75) is 0 Å². The van der Waals surface area contributed by atoms with Gasteiger partial charge in [0.1, 0.15) is 5.69 Å². The molecule has 4 rings (SSSR count). The second-order valence-electron chi connectivity index (χ2n) is 7.25. The highest BCUT2D eigenvalue weighted by atomic mass is 16.2. The van der Waals surface area contributed by atoms with E-state index in [0.29, 0.717) is 17.2 Å². The largest absolute Gasteiger partial charge is 0.376 e. The standard InChI is InChI=1S/C23H23N7O/c1-29(2)19-13-22(27-24-15-19)25-17-9-11-18(12-10-17)26-23(31)21-14-20(28-30(21)3)16-7-5-4-6-8-16/h4-15H,1-3H3,(H,25,27)(H,26,31). The Balaban J connectivity index is 1.44. The van der Waals surface area contributed by atoms with Gasteiger partial charge in [-0.05, 0) is 30.3 Å². The van der Waals surface area contributed by atoms with Gasteiger partial charge >= 0.3 is 0 Å². The molecule has 8 heteroatoms. The molecular formula is C23H23N7O. The normalized spacial score (nSPS) is 10.5. The molecule has 156 valence electrons. The summed E-state index contributed by atoms with van der Waals surface area (Å²) in [5.74, 6) is 0.425. The van der Waals surface area contributed by atoms with E-state index in [9.17, 15) is 4.79 Å². The highest BCUT2D eigenvalue weighted by molar-refractivity contribution is 6.03. The molecule has 0 bridgehead atoms. The van der Waals surface area contributed by atoms with Crippen LogP contribution < -0.4 is 15.5 Å². The third kappa shape index (κ3) is 4.69. The number of nitrogens with zero attached hydrogens (tertiary/aromatic N) is 5. The van der Waals surface area contributed by atoms with Gasteiger partial charge in [-0.15, -0.1) is 5.10 Å². The quantitative estimate of drug-likeness (QED) is 0.498. The fourth-order valence-corrected chi connectivity index (χ4v) is 3.07. The molecule has 0 radical (unpaired) electrons. The number of carbonyl (C=O) groups is 1. The lowest BCUT2D eigenvalue weighted by atomic mass is 10.1. The molecular weight excluding hydrogens is 390 g/mol. The number of aryl methyl sites for hydroxylation is 1. The number of amides is 1. The number of anilines is 4. The number of nitrogens with one attached hydrogen (secondary N) is 2. The number of benzene rings is 2. The van der Waals surface area contributed by atoms with Crippen LogP contribution in [0.1, 0.15) is 10.5 Å². The van der Waals surface area contributed by atoms with Crippen LogP contribution in [0.25, 0.3) is 11.3 Å². The highest BCUT2D eigenvalue weighted by Crippen LogP contribution is 2.22. The lowest BCUT2D eigenvalue weighted by Gasteiger charge is -2.13. The van der Waals surface area contributed by atoms with Gasteiger partial charge in [0.2, 0.25) is 0 Å². The van der Waals surface area contributed by atoms with E-state index in [0.717, 1.165) is 22.6 Å². The number of aromatic nitrogens is 4. The summed E-state index contributed by atoms with van der Waals surface area (Å²) in [6, 6.07) is 20.9. The van der Waals surface area contributed by atoms with Crippen molar-refractivity contribution in [3.8, 4) is 11.3 Å². The van der Waals surface area contributed by atoms with E-state index in [1.165, 1.54) is 0 Å². The van der Waals surface area contributed by atoms with Crippen molar-refractivity contribution in [2.24, 2.45) is 7.05 Å². The fourth-order valence-electron chi connectivity index (χ4n) is 3.07. The van der Waals surface area contributed by atoms with Crippen LogP contribution in [0.5, 0.6) is 0 Å². The summed E-state index contributed by atoms with van der Waals surface area (Å²) in [5.41, 5.74) is 4.69. The molecule has 2 aromatic carbocycles. The Morgan fingerprint density at radius 2 is 1.68 bits per heavy atom. The van der Waals surface area contributed by atoms with E-state index < -0.39 is 0 Å². The van der Waals surface area contributed by atoms with Gasteiger partial charge in [0, 0.05) is 44.1 Å². The molecule has 4 aromatic rings. The van der Waals surface area contributed by atoms with Crippen LogP contribution in [0.4, 0.5) is 22.9 Å². The molecule has 8 nitrogen and oxygen atoms in total. The zero-order valence-corrected chi connectivity index (χ0v) is 17.6. The van der Waals surface area contributed by atoms with Gasteiger partial charge in [-0.2, -0.15) is 10.2 Å². The summed E-state index contributed by atoms with van der Waals surface area (Å²) < 4.78 is 1.59. The number of carbonyl (C=O) groups excluding carboxylic acids is 1. The Kier molecular flexibility index (Phi) is 5.61. The first-order valence-corrected chi connectivity index (χ1v) is 9.77.